The van der Waals surface area contributed by atoms with Gasteiger partial charge in [-0.1, -0.05) is 42.5 Å². The second-order valence-electron chi connectivity index (χ2n) is 5.75. The van der Waals surface area contributed by atoms with E-state index >= 15 is 0 Å². The van der Waals surface area contributed by atoms with Crippen molar-refractivity contribution < 1.29 is 15.0 Å². The molecule has 1 unspecified atom stereocenters. The van der Waals surface area contributed by atoms with Crippen LogP contribution >= 0.6 is 0 Å². The number of hydrogen-bond acceptors (Lipinski definition) is 5. The van der Waals surface area contributed by atoms with Gasteiger partial charge in [-0.3, -0.25) is 4.79 Å². The molecule has 1 aliphatic rings. The minimum absolute atomic E-state index is 0.122. The van der Waals surface area contributed by atoms with Crippen molar-refractivity contribution >= 4 is 28.1 Å². The number of anilines is 1. The predicted octanol–water partition coefficient (Wildman–Crippen LogP) is 2.42. The number of phenols is 1. The van der Waals surface area contributed by atoms with Gasteiger partial charge in [0.15, 0.2) is 6.23 Å². The largest absolute Gasteiger partial charge is 0.507 e. The number of fused-ring (bicyclic) bond motifs is 2. The summed E-state index contributed by atoms with van der Waals surface area (Å²) in [6, 6.07) is 17.9. The third-order valence-electron chi connectivity index (χ3n) is 4.14. The number of phenolic OH excluding ortho intramolecular Hbond substituents is 1. The topological polar surface area (TPSA) is 94.0 Å². The summed E-state index contributed by atoms with van der Waals surface area (Å²) in [5, 5.41) is 28.7. The molecule has 4 N–H and O–H groups in total. The predicted molar refractivity (Wildman–Crippen MR) is 95.7 cm³/mol. The molecule has 6 nitrogen and oxygen atoms in total. The number of rotatable bonds is 2. The maximum Gasteiger partial charge on any atom is 0.275 e. The van der Waals surface area contributed by atoms with Gasteiger partial charge in [0.05, 0.1) is 5.56 Å². The number of benzene rings is 3. The molecule has 25 heavy (non-hydrogen) atoms. The van der Waals surface area contributed by atoms with E-state index in [1.165, 1.54) is 0 Å². The van der Waals surface area contributed by atoms with Crippen molar-refractivity contribution in [1.29, 1.82) is 0 Å². The third-order valence-corrected chi connectivity index (χ3v) is 4.14. The fourth-order valence-electron chi connectivity index (χ4n) is 2.90. The number of aromatic hydroxyl groups is 1. The van der Waals surface area contributed by atoms with Crippen LogP contribution in [0.5, 0.6) is 5.75 Å². The highest BCUT2D eigenvalue weighted by Gasteiger charge is 2.26. The molecule has 1 heterocycles. The first-order valence-corrected chi connectivity index (χ1v) is 7.77. The Morgan fingerprint density at radius 1 is 1.04 bits per heavy atom. The molecule has 3 aromatic rings. The van der Waals surface area contributed by atoms with Crippen molar-refractivity contribution in [2.24, 2.45) is 5.10 Å². The van der Waals surface area contributed by atoms with Gasteiger partial charge in [-0.2, -0.15) is 5.10 Å². The van der Waals surface area contributed by atoms with Crippen LogP contribution in [0, 0.1) is 0 Å². The molecule has 1 atom stereocenters. The number of aliphatic hydroxyl groups is 1. The molecule has 0 saturated carbocycles. The number of carbonyl (C=O) groups excluding carboxylic acids is 1. The Morgan fingerprint density at radius 2 is 1.72 bits per heavy atom. The molecular weight excluding hydrogens is 318 g/mol. The van der Waals surface area contributed by atoms with Gasteiger partial charge in [0, 0.05) is 11.3 Å². The molecule has 6 heteroatoms. The van der Waals surface area contributed by atoms with Gasteiger partial charge in [-0.15, -0.1) is 0 Å². The molecule has 0 bridgehead atoms. The molecule has 4 rings (SSSR count). The van der Waals surface area contributed by atoms with Gasteiger partial charge >= 0.3 is 0 Å². The molecule has 0 aromatic heterocycles. The highest BCUT2D eigenvalue weighted by atomic mass is 16.3. The number of amides is 1. The summed E-state index contributed by atoms with van der Waals surface area (Å²) in [5.41, 5.74) is 4.32. The fourth-order valence-corrected chi connectivity index (χ4v) is 2.90. The lowest BCUT2D eigenvalue weighted by molar-refractivity contribution is 0.0952. The first kappa shape index (κ1) is 15.2. The average Bonchev–Trinajstić information content (AvgIpc) is 2.94. The molecule has 0 spiro atoms. The summed E-state index contributed by atoms with van der Waals surface area (Å²) in [6.07, 6.45) is -0.997. The minimum atomic E-state index is -0.997. The molecule has 0 fully saturated rings. The SMILES string of the molecule is O=C(N/N=C1/c2ccccc2NC1O)c1cc2ccccc2cc1O. The van der Waals surface area contributed by atoms with Crippen LogP contribution in [0.2, 0.25) is 0 Å². The molecule has 0 saturated heterocycles. The van der Waals surface area contributed by atoms with Gasteiger partial charge in [0.1, 0.15) is 11.5 Å². The van der Waals surface area contributed by atoms with E-state index in [1.54, 1.807) is 18.2 Å². The van der Waals surface area contributed by atoms with Crippen LogP contribution in [0.4, 0.5) is 5.69 Å². The van der Waals surface area contributed by atoms with Gasteiger partial charge < -0.3 is 15.5 Å². The lowest BCUT2D eigenvalue weighted by Crippen LogP contribution is -2.27. The van der Waals surface area contributed by atoms with Crippen LogP contribution in [0.1, 0.15) is 15.9 Å². The summed E-state index contributed by atoms with van der Waals surface area (Å²) in [6.45, 7) is 0. The number of nitrogens with zero attached hydrogens (tertiary/aromatic N) is 1. The minimum Gasteiger partial charge on any atom is -0.507 e. The number of hydrogen-bond donors (Lipinski definition) is 4. The quantitative estimate of drug-likeness (QED) is 0.542. The van der Waals surface area contributed by atoms with E-state index < -0.39 is 12.1 Å². The maximum absolute atomic E-state index is 12.4. The standard InChI is InChI=1S/C19H15N3O3/c23-16-10-12-6-2-1-5-11(12)9-14(16)18(24)22-21-17-13-7-3-4-8-15(13)20-19(17)25/h1-10,19-20,23,25H,(H,22,24)/b21-17-. The molecule has 124 valence electrons. The normalized spacial score (nSPS) is 17.3. The highest BCUT2D eigenvalue weighted by molar-refractivity contribution is 6.13. The van der Waals surface area contributed by atoms with Crippen molar-refractivity contribution in [2.45, 2.75) is 6.23 Å². The molecule has 1 aliphatic heterocycles. The number of carbonyl (C=O) groups is 1. The van der Waals surface area contributed by atoms with Crippen molar-refractivity contribution in [1.82, 2.24) is 5.43 Å². The Kier molecular flexibility index (Phi) is 3.59. The third kappa shape index (κ3) is 2.68. The first-order valence-electron chi connectivity index (χ1n) is 7.77. The van der Waals surface area contributed by atoms with Crippen molar-refractivity contribution in [2.75, 3.05) is 5.32 Å². The van der Waals surface area contributed by atoms with E-state index in [-0.39, 0.29) is 11.3 Å². The second-order valence-corrected chi connectivity index (χ2v) is 5.75. The van der Waals surface area contributed by atoms with Gasteiger partial charge in [-0.25, -0.2) is 5.43 Å². The lowest BCUT2D eigenvalue weighted by atomic mass is 10.1. The number of aliphatic hydroxyl groups excluding tert-OH is 1. The lowest BCUT2D eigenvalue weighted by Gasteiger charge is -2.08. The summed E-state index contributed by atoms with van der Waals surface area (Å²) >= 11 is 0. The smallest absolute Gasteiger partial charge is 0.275 e. The molecule has 0 aliphatic carbocycles. The Bertz CT molecular complexity index is 1010. The molecular formula is C19H15N3O3. The van der Waals surface area contributed by atoms with E-state index in [0.717, 1.165) is 22.0 Å². The van der Waals surface area contributed by atoms with Crippen LogP contribution in [0.15, 0.2) is 65.8 Å². The van der Waals surface area contributed by atoms with E-state index in [1.807, 2.05) is 42.5 Å². The van der Waals surface area contributed by atoms with Crippen LogP contribution in [-0.2, 0) is 0 Å². The summed E-state index contributed by atoms with van der Waals surface area (Å²) < 4.78 is 0. The maximum atomic E-state index is 12.4. The van der Waals surface area contributed by atoms with Crippen LogP contribution in [0.3, 0.4) is 0 Å². The van der Waals surface area contributed by atoms with E-state index in [2.05, 4.69) is 15.8 Å². The van der Waals surface area contributed by atoms with Crippen LogP contribution < -0.4 is 10.7 Å². The van der Waals surface area contributed by atoms with Crippen LogP contribution in [-0.4, -0.2) is 28.1 Å². The van der Waals surface area contributed by atoms with Gasteiger partial charge in [0.2, 0.25) is 0 Å². The highest BCUT2D eigenvalue weighted by Crippen LogP contribution is 2.26. The number of hydrazone groups is 1. The molecule has 0 radical (unpaired) electrons. The molecule has 1 amide bonds. The van der Waals surface area contributed by atoms with Gasteiger partial charge in [0.25, 0.3) is 5.91 Å². The Morgan fingerprint density at radius 3 is 2.52 bits per heavy atom. The molecule has 3 aromatic carbocycles. The van der Waals surface area contributed by atoms with E-state index in [0.29, 0.717) is 5.71 Å². The summed E-state index contributed by atoms with van der Waals surface area (Å²) in [5.74, 6) is -0.672. The first-order chi connectivity index (χ1) is 12.1. The number of nitrogens with one attached hydrogen (secondary N) is 2. The monoisotopic (exact) mass is 333 g/mol. The van der Waals surface area contributed by atoms with Crippen molar-refractivity contribution in [3.8, 4) is 5.75 Å². The summed E-state index contributed by atoms with van der Waals surface area (Å²) in [4.78, 5) is 12.4. The number of para-hydroxylation sites is 1. The zero-order valence-corrected chi connectivity index (χ0v) is 13.1. The van der Waals surface area contributed by atoms with Crippen molar-refractivity contribution in [3.63, 3.8) is 0 Å². The van der Waals surface area contributed by atoms with Crippen molar-refractivity contribution in [3.05, 3.63) is 71.8 Å². The average molecular weight is 333 g/mol. The Balaban J connectivity index is 1.64. The van der Waals surface area contributed by atoms with E-state index in [4.69, 9.17) is 0 Å². The Labute approximate surface area is 143 Å². The van der Waals surface area contributed by atoms with Crippen LogP contribution in [0.25, 0.3) is 10.8 Å². The van der Waals surface area contributed by atoms with Gasteiger partial charge in [-0.05, 0) is 29.0 Å². The summed E-state index contributed by atoms with van der Waals surface area (Å²) in [7, 11) is 0. The second kappa shape index (κ2) is 5.92. The van der Waals surface area contributed by atoms with E-state index in [9.17, 15) is 15.0 Å². The zero-order chi connectivity index (χ0) is 17.4. The zero-order valence-electron chi connectivity index (χ0n) is 13.1. The fraction of sp³-hybridized carbons (Fsp3) is 0.0526. The Hall–Kier alpha value is -3.38.